The Balaban J connectivity index is 2.28. The average Bonchev–Trinajstić information content (AvgIpc) is 2.13. The van der Waals surface area contributed by atoms with Crippen molar-refractivity contribution in [2.24, 2.45) is 7.05 Å². The van der Waals surface area contributed by atoms with Gasteiger partial charge in [0.25, 0.3) is 0 Å². The number of aromatic nitrogens is 1. The lowest BCUT2D eigenvalue weighted by Gasteiger charge is -1.98. The van der Waals surface area contributed by atoms with E-state index in [1.54, 1.807) is 0 Å². The maximum atomic E-state index is 2.25. The quantitative estimate of drug-likeness (QED) is 0.482. The van der Waals surface area contributed by atoms with Crippen molar-refractivity contribution in [2.75, 3.05) is 0 Å². The third-order valence-electron chi connectivity index (χ3n) is 2.32. The molecule has 1 heteroatoms. The van der Waals surface area contributed by atoms with E-state index in [0.717, 1.165) is 0 Å². The van der Waals surface area contributed by atoms with Crippen LogP contribution in [-0.2, 0) is 13.5 Å². The third-order valence-corrected chi connectivity index (χ3v) is 2.32. The summed E-state index contributed by atoms with van der Waals surface area (Å²) in [5.41, 5.74) is 1.46. The van der Waals surface area contributed by atoms with Crippen LogP contribution in [0.15, 0.2) is 24.5 Å². The maximum Gasteiger partial charge on any atom is 0.171 e. The van der Waals surface area contributed by atoms with E-state index < -0.39 is 0 Å². The molecule has 0 fully saturated rings. The van der Waals surface area contributed by atoms with Gasteiger partial charge in [0.15, 0.2) is 12.4 Å². The number of nitrogens with zero attached hydrogens (tertiary/aromatic N) is 1. The van der Waals surface area contributed by atoms with Crippen molar-refractivity contribution in [3.63, 3.8) is 0 Å². The zero-order chi connectivity index (χ0) is 9.52. The van der Waals surface area contributed by atoms with Gasteiger partial charge in [-0.3, -0.25) is 0 Å². The minimum atomic E-state index is 1.23. The Morgan fingerprint density at radius 1 is 1.23 bits per heavy atom. The van der Waals surface area contributed by atoms with Gasteiger partial charge in [0.1, 0.15) is 7.05 Å². The van der Waals surface area contributed by atoms with Gasteiger partial charge in [-0.05, 0) is 18.9 Å². The minimum absolute atomic E-state index is 1.23. The van der Waals surface area contributed by atoms with E-state index in [2.05, 4.69) is 43.1 Å². The first kappa shape index (κ1) is 10.2. The fourth-order valence-corrected chi connectivity index (χ4v) is 1.55. The van der Waals surface area contributed by atoms with Gasteiger partial charge in [-0.15, -0.1) is 0 Å². The molecule has 0 atom stereocenters. The normalized spacial score (nSPS) is 10.3. The van der Waals surface area contributed by atoms with Crippen LogP contribution < -0.4 is 4.57 Å². The highest BCUT2D eigenvalue weighted by Crippen LogP contribution is 2.05. The van der Waals surface area contributed by atoms with Crippen LogP contribution >= 0.6 is 0 Å². The van der Waals surface area contributed by atoms with Gasteiger partial charge in [0.2, 0.25) is 0 Å². The molecule has 0 radical (unpaired) electrons. The Morgan fingerprint density at radius 2 is 2.08 bits per heavy atom. The van der Waals surface area contributed by atoms with Crippen LogP contribution in [0, 0.1) is 0 Å². The lowest BCUT2D eigenvalue weighted by atomic mass is 10.1. The fraction of sp³-hybridized carbons (Fsp3) is 0.583. The van der Waals surface area contributed by atoms with Gasteiger partial charge in [0, 0.05) is 11.6 Å². The Kier molecular flexibility index (Phi) is 4.52. The van der Waals surface area contributed by atoms with E-state index in [9.17, 15) is 0 Å². The van der Waals surface area contributed by atoms with Gasteiger partial charge in [0.05, 0.1) is 0 Å². The van der Waals surface area contributed by atoms with Crippen LogP contribution in [-0.4, -0.2) is 0 Å². The summed E-state index contributed by atoms with van der Waals surface area (Å²) in [5, 5.41) is 0. The molecule has 0 saturated heterocycles. The van der Waals surface area contributed by atoms with Crippen LogP contribution in [0.4, 0.5) is 0 Å². The highest BCUT2D eigenvalue weighted by atomic mass is 14.9. The molecule has 0 aliphatic rings. The molecule has 0 aliphatic heterocycles. The van der Waals surface area contributed by atoms with E-state index in [-0.39, 0.29) is 0 Å². The Hall–Kier alpha value is -0.850. The Labute approximate surface area is 81.4 Å². The van der Waals surface area contributed by atoms with Gasteiger partial charge in [-0.25, -0.2) is 4.57 Å². The van der Waals surface area contributed by atoms with Crippen LogP contribution in [0.2, 0.25) is 0 Å². The van der Waals surface area contributed by atoms with E-state index in [1.165, 1.54) is 37.7 Å². The summed E-state index contributed by atoms with van der Waals surface area (Å²) < 4.78 is 2.12. The molecule has 13 heavy (non-hydrogen) atoms. The number of hydrogen-bond acceptors (Lipinski definition) is 0. The average molecular weight is 178 g/mol. The van der Waals surface area contributed by atoms with E-state index in [0.29, 0.717) is 0 Å². The van der Waals surface area contributed by atoms with Gasteiger partial charge >= 0.3 is 0 Å². The van der Waals surface area contributed by atoms with Crippen LogP contribution in [0.25, 0.3) is 0 Å². The molecule has 0 aliphatic carbocycles. The SMILES string of the molecule is CCCCCCc1ccc[n+](C)c1. The minimum Gasteiger partial charge on any atom is -0.208 e. The highest BCUT2D eigenvalue weighted by Gasteiger charge is 1.97. The van der Waals surface area contributed by atoms with E-state index in [4.69, 9.17) is 0 Å². The van der Waals surface area contributed by atoms with Crippen molar-refractivity contribution in [1.29, 1.82) is 0 Å². The summed E-state index contributed by atoms with van der Waals surface area (Å²) in [6, 6.07) is 4.33. The van der Waals surface area contributed by atoms with Gasteiger partial charge in [-0.2, -0.15) is 0 Å². The zero-order valence-electron chi connectivity index (χ0n) is 8.79. The summed E-state index contributed by atoms with van der Waals surface area (Å²) >= 11 is 0. The van der Waals surface area contributed by atoms with E-state index >= 15 is 0 Å². The smallest absolute Gasteiger partial charge is 0.171 e. The molecular weight excluding hydrogens is 158 g/mol. The Morgan fingerprint density at radius 3 is 2.77 bits per heavy atom. The number of rotatable bonds is 5. The second-order valence-corrected chi connectivity index (χ2v) is 3.69. The lowest BCUT2D eigenvalue weighted by molar-refractivity contribution is -0.671. The van der Waals surface area contributed by atoms with Crippen molar-refractivity contribution >= 4 is 0 Å². The zero-order valence-corrected chi connectivity index (χ0v) is 8.79. The molecule has 0 aromatic carbocycles. The summed E-state index contributed by atoms with van der Waals surface area (Å²) in [7, 11) is 2.08. The molecule has 1 nitrogen and oxygen atoms in total. The molecule has 0 saturated carbocycles. The molecule has 1 heterocycles. The maximum absolute atomic E-state index is 2.25. The summed E-state index contributed by atoms with van der Waals surface area (Å²) in [6.45, 7) is 2.25. The van der Waals surface area contributed by atoms with Crippen molar-refractivity contribution < 1.29 is 4.57 Å². The molecule has 0 spiro atoms. The van der Waals surface area contributed by atoms with Crippen molar-refractivity contribution in [3.8, 4) is 0 Å². The predicted molar refractivity (Wildman–Crippen MR) is 55.5 cm³/mol. The molecule has 0 N–H and O–H groups in total. The van der Waals surface area contributed by atoms with Gasteiger partial charge in [-0.1, -0.05) is 26.2 Å². The molecule has 1 rings (SSSR count). The predicted octanol–water partition coefficient (Wildman–Crippen LogP) is 2.63. The van der Waals surface area contributed by atoms with Crippen molar-refractivity contribution in [1.82, 2.24) is 0 Å². The summed E-state index contributed by atoms with van der Waals surface area (Å²) in [4.78, 5) is 0. The standard InChI is InChI=1S/C12H20N/c1-3-4-5-6-8-12-9-7-10-13(2)11-12/h7,9-11H,3-6,8H2,1-2H3/q+1. The molecule has 1 aromatic rings. The first-order chi connectivity index (χ1) is 6.33. The number of unbranched alkanes of at least 4 members (excludes halogenated alkanes) is 3. The first-order valence-electron chi connectivity index (χ1n) is 5.27. The summed E-state index contributed by atoms with van der Waals surface area (Å²) in [5.74, 6) is 0. The molecule has 72 valence electrons. The van der Waals surface area contributed by atoms with Crippen molar-refractivity contribution in [3.05, 3.63) is 30.1 Å². The molecule has 1 aromatic heterocycles. The molecule has 0 amide bonds. The highest BCUT2D eigenvalue weighted by molar-refractivity contribution is 5.04. The van der Waals surface area contributed by atoms with Crippen LogP contribution in [0.3, 0.4) is 0 Å². The largest absolute Gasteiger partial charge is 0.208 e. The third kappa shape index (κ3) is 4.07. The van der Waals surface area contributed by atoms with Gasteiger partial charge < -0.3 is 0 Å². The second-order valence-electron chi connectivity index (χ2n) is 3.69. The van der Waals surface area contributed by atoms with Crippen LogP contribution in [0.1, 0.15) is 38.2 Å². The molecular formula is C12H20N+. The first-order valence-corrected chi connectivity index (χ1v) is 5.27. The number of aryl methyl sites for hydroxylation is 2. The molecule has 0 bridgehead atoms. The fourth-order valence-electron chi connectivity index (χ4n) is 1.55. The number of pyridine rings is 1. The number of hydrogen-bond donors (Lipinski definition) is 0. The monoisotopic (exact) mass is 178 g/mol. The second kappa shape index (κ2) is 5.74. The van der Waals surface area contributed by atoms with E-state index in [1.807, 2.05) is 0 Å². The van der Waals surface area contributed by atoms with Crippen molar-refractivity contribution in [2.45, 2.75) is 39.0 Å². The Bertz CT molecular complexity index is 243. The lowest BCUT2D eigenvalue weighted by Crippen LogP contribution is -2.26. The summed E-state index contributed by atoms with van der Waals surface area (Å²) in [6.07, 6.45) is 10.9. The topological polar surface area (TPSA) is 3.88 Å². The molecule has 0 unspecified atom stereocenters. The van der Waals surface area contributed by atoms with Crippen LogP contribution in [0.5, 0.6) is 0 Å².